The van der Waals surface area contributed by atoms with Gasteiger partial charge in [0.25, 0.3) is 0 Å². The van der Waals surface area contributed by atoms with E-state index in [9.17, 15) is 4.79 Å². The van der Waals surface area contributed by atoms with Crippen molar-refractivity contribution in [1.82, 2.24) is 25.2 Å². The number of nitrogens with two attached hydrogens (primary N) is 1. The Morgan fingerprint density at radius 1 is 1.09 bits per heavy atom. The van der Waals surface area contributed by atoms with Crippen LogP contribution < -0.4 is 21.1 Å². The second-order valence-electron chi connectivity index (χ2n) is 12.4. The van der Waals surface area contributed by atoms with Gasteiger partial charge in [-0.2, -0.15) is 0 Å². The number of nitrogens with one attached hydrogen (secondary N) is 2. The third-order valence-electron chi connectivity index (χ3n) is 7.63. The van der Waals surface area contributed by atoms with E-state index in [1.54, 1.807) is 6.08 Å². The smallest absolute Gasteiger partial charge is 0.320 e. The number of nitrogens with zero attached hydrogens (tertiary/aromatic N) is 4. The van der Waals surface area contributed by atoms with Gasteiger partial charge in [-0.15, -0.1) is 10.2 Å². The number of carbonyl (C=O) groups is 1. The van der Waals surface area contributed by atoms with Crippen molar-refractivity contribution in [3.8, 4) is 5.75 Å². The highest BCUT2D eigenvalue weighted by atomic mass is 16.5. The first kappa shape index (κ1) is 29.8. The monoisotopic (exact) mass is 583 g/mol. The number of hydrogen-bond acceptors (Lipinski definition) is 6. The number of amidine groups is 1. The molecular weight excluding hydrogens is 538 g/mol. The molecule has 43 heavy (non-hydrogen) atoms. The van der Waals surface area contributed by atoms with Crippen LogP contribution in [0.4, 0.5) is 10.5 Å². The molecule has 4 N–H and O–H groups in total. The van der Waals surface area contributed by atoms with Crippen LogP contribution in [0.2, 0.25) is 0 Å². The Kier molecular flexibility index (Phi) is 8.52. The zero-order valence-electron chi connectivity index (χ0n) is 25.8. The van der Waals surface area contributed by atoms with E-state index in [1.165, 1.54) is 0 Å². The van der Waals surface area contributed by atoms with Gasteiger partial charge in [0.15, 0.2) is 5.65 Å². The van der Waals surface area contributed by atoms with Crippen LogP contribution in [0, 0.1) is 12.3 Å². The lowest BCUT2D eigenvalue weighted by Gasteiger charge is -2.32. The number of ether oxygens (including phenoxy) is 1. The highest BCUT2D eigenvalue weighted by Gasteiger charge is 2.30. The summed E-state index contributed by atoms with van der Waals surface area (Å²) < 4.78 is 8.47. The fraction of sp³-hybridized carbons (Fsp3) is 0.353. The first-order valence-corrected chi connectivity index (χ1v) is 14.8. The zero-order valence-corrected chi connectivity index (χ0v) is 25.8. The van der Waals surface area contributed by atoms with Crippen LogP contribution in [0.3, 0.4) is 0 Å². The molecule has 0 radical (unpaired) electrons. The van der Waals surface area contributed by atoms with Crippen LogP contribution in [0.25, 0.3) is 5.65 Å². The summed E-state index contributed by atoms with van der Waals surface area (Å²) in [5, 5.41) is 14.7. The van der Waals surface area contributed by atoms with Crippen molar-refractivity contribution >= 4 is 23.2 Å². The van der Waals surface area contributed by atoms with E-state index in [4.69, 9.17) is 10.5 Å². The van der Waals surface area contributed by atoms with Crippen molar-refractivity contribution in [2.75, 3.05) is 0 Å². The Labute approximate surface area is 256 Å². The summed E-state index contributed by atoms with van der Waals surface area (Å²) >= 11 is 0. The van der Waals surface area contributed by atoms with Gasteiger partial charge in [0.1, 0.15) is 23.5 Å². The van der Waals surface area contributed by atoms with Crippen LogP contribution in [0.15, 0.2) is 83.6 Å². The molecule has 0 aliphatic heterocycles. The van der Waals surface area contributed by atoms with Crippen LogP contribution in [0.1, 0.15) is 90.9 Å². The number of aliphatic imine (C=N–C) groups is 1. The highest BCUT2D eigenvalue weighted by molar-refractivity contribution is 6.05. The molecule has 2 aromatic heterocycles. The molecule has 2 heterocycles. The summed E-state index contributed by atoms with van der Waals surface area (Å²) in [5.41, 5.74) is 11.4. The molecule has 0 saturated heterocycles. The van der Waals surface area contributed by atoms with E-state index in [2.05, 4.69) is 45.7 Å². The number of carbonyl (C=O) groups excluding carboxylic acids is 1. The van der Waals surface area contributed by atoms with Crippen molar-refractivity contribution in [2.45, 2.75) is 72.4 Å². The van der Waals surface area contributed by atoms with E-state index in [-0.39, 0.29) is 32.4 Å². The zero-order chi connectivity index (χ0) is 30.7. The van der Waals surface area contributed by atoms with Crippen molar-refractivity contribution in [2.24, 2.45) is 16.1 Å². The molecule has 0 saturated carbocycles. The Balaban J connectivity index is 0.00000276. The standard InChI is InChI=1S/C34H41N7O2.2H2/c1-21(2)32-40-39-31-19-24(17-18-41(31)32)43-28-16-15-27(25-9-7-8-10-26(25)28)37-33(42)38-30(20-29(35)34(4,5)6)36-23-13-11-22(3)12-14-23;;/h7-14,17-21,27-28H,15-16,35H2,1-6H3,(H2,36,37,38,42);2*1H/b29-20-;;/t27-,28+;;/m0../s1. The second-order valence-corrected chi connectivity index (χ2v) is 12.4. The van der Waals surface area contributed by atoms with Gasteiger partial charge in [-0.25, -0.2) is 9.79 Å². The number of pyridine rings is 1. The molecule has 0 fully saturated rings. The van der Waals surface area contributed by atoms with Crippen molar-refractivity contribution < 1.29 is 12.4 Å². The largest absolute Gasteiger partial charge is 0.486 e. The molecule has 9 heteroatoms. The van der Waals surface area contributed by atoms with Gasteiger partial charge in [0.05, 0.1) is 11.7 Å². The van der Waals surface area contributed by atoms with E-state index in [0.29, 0.717) is 18.0 Å². The minimum Gasteiger partial charge on any atom is -0.486 e. The molecule has 2 atom stereocenters. The summed E-state index contributed by atoms with van der Waals surface area (Å²) in [6.45, 7) is 12.3. The van der Waals surface area contributed by atoms with Gasteiger partial charge in [-0.05, 0) is 49.1 Å². The Hall–Kier alpha value is -4.66. The molecule has 9 nitrogen and oxygen atoms in total. The van der Waals surface area contributed by atoms with Gasteiger partial charge in [-0.3, -0.25) is 9.72 Å². The summed E-state index contributed by atoms with van der Waals surface area (Å²) in [7, 11) is 0. The molecule has 5 rings (SSSR count). The average molecular weight is 584 g/mol. The number of aryl methyl sites for hydroxylation is 1. The van der Waals surface area contributed by atoms with E-state index >= 15 is 0 Å². The molecule has 2 aromatic carbocycles. The number of benzene rings is 2. The molecule has 4 aromatic rings. The summed E-state index contributed by atoms with van der Waals surface area (Å²) in [6, 6.07) is 19.2. The summed E-state index contributed by atoms with van der Waals surface area (Å²) in [5.74, 6) is 2.30. The van der Waals surface area contributed by atoms with E-state index in [1.807, 2.05) is 92.9 Å². The lowest BCUT2D eigenvalue weighted by molar-refractivity contribution is 0.172. The van der Waals surface area contributed by atoms with Crippen molar-refractivity contribution in [3.05, 3.63) is 101 Å². The number of aromatic nitrogens is 3. The highest BCUT2D eigenvalue weighted by Crippen LogP contribution is 2.39. The molecular formula is C34H45N7O2. The van der Waals surface area contributed by atoms with Gasteiger partial charge >= 0.3 is 6.03 Å². The fourth-order valence-corrected chi connectivity index (χ4v) is 5.07. The minimum atomic E-state index is -0.346. The number of rotatable bonds is 6. The number of urea groups is 1. The lowest BCUT2D eigenvalue weighted by Crippen LogP contribution is -2.42. The quantitative estimate of drug-likeness (QED) is 0.160. The number of hydrogen-bond donors (Lipinski definition) is 3. The Morgan fingerprint density at radius 2 is 1.81 bits per heavy atom. The number of amides is 2. The van der Waals surface area contributed by atoms with Crippen molar-refractivity contribution in [1.29, 1.82) is 0 Å². The molecule has 0 spiro atoms. The van der Waals surface area contributed by atoms with Gasteiger partial charge in [0, 0.05) is 38.2 Å². The predicted octanol–water partition coefficient (Wildman–Crippen LogP) is 7.53. The van der Waals surface area contributed by atoms with Crippen LogP contribution >= 0.6 is 0 Å². The first-order valence-electron chi connectivity index (χ1n) is 14.8. The predicted molar refractivity (Wildman–Crippen MR) is 175 cm³/mol. The van der Waals surface area contributed by atoms with Gasteiger partial charge in [-0.1, -0.05) is 76.6 Å². The maximum absolute atomic E-state index is 13.3. The minimum absolute atomic E-state index is 0. The molecule has 1 aliphatic carbocycles. The van der Waals surface area contributed by atoms with Crippen molar-refractivity contribution in [3.63, 3.8) is 0 Å². The van der Waals surface area contributed by atoms with Gasteiger partial charge in [0.2, 0.25) is 0 Å². The Bertz CT molecular complexity index is 1670. The Morgan fingerprint density at radius 3 is 2.51 bits per heavy atom. The SMILES string of the molecule is Cc1ccc(N=C(/C=C(\N)C(C)(C)C)NC(=O)N[C@H]2CC[C@@H](Oc3ccn4c(C(C)C)nnc4c3)c3ccccc32)cc1.[HH].[HH]. The molecule has 0 bridgehead atoms. The normalized spacial score (nSPS) is 17.6. The van der Waals surface area contributed by atoms with E-state index in [0.717, 1.165) is 46.0 Å². The number of fused-ring (bicyclic) bond motifs is 2. The topological polar surface area (TPSA) is 119 Å². The number of allylic oxidation sites excluding steroid dienone is 1. The summed E-state index contributed by atoms with van der Waals surface area (Å²) in [6.07, 6.45) is 4.98. The second kappa shape index (κ2) is 12.3. The van der Waals surface area contributed by atoms with Crippen LogP contribution in [0.5, 0.6) is 5.75 Å². The average Bonchev–Trinajstić information content (AvgIpc) is 3.39. The van der Waals surface area contributed by atoms with Crippen LogP contribution in [-0.4, -0.2) is 26.5 Å². The molecule has 1 aliphatic rings. The van der Waals surface area contributed by atoms with E-state index < -0.39 is 0 Å². The third kappa shape index (κ3) is 7.05. The lowest BCUT2D eigenvalue weighted by atomic mass is 9.85. The fourth-order valence-electron chi connectivity index (χ4n) is 5.07. The maximum Gasteiger partial charge on any atom is 0.320 e. The third-order valence-corrected chi connectivity index (χ3v) is 7.63. The molecule has 228 valence electrons. The molecule has 0 unspecified atom stereocenters. The van der Waals surface area contributed by atoms with Crippen LogP contribution in [-0.2, 0) is 0 Å². The first-order chi connectivity index (χ1) is 20.5. The maximum atomic E-state index is 13.3. The van der Waals surface area contributed by atoms with Gasteiger partial charge < -0.3 is 15.8 Å². The molecule has 2 amide bonds. The summed E-state index contributed by atoms with van der Waals surface area (Å²) in [4.78, 5) is 18.0.